The Hall–Kier alpha value is -1.16. The van der Waals surface area contributed by atoms with Gasteiger partial charge in [0, 0.05) is 42.5 Å². The number of benzene rings is 1. The monoisotopic (exact) mass is 326 g/mol. The highest BCUT2D eigenvalue weighted by Gasteiger charge is 2.47. The zero-order chi connectivity index (χ0) is 16.0. The van der Waals surface area contributed by atoms with Crippen molar-refractivity contribution in [2.45, 2.75) is 38.4 Å². The smallest absolute Gasteiger partial charge is 0.0397 e. The maximum absolute atomic E-state index is 2.66. The van der Waals surface area contributed by atoms with Crippen LogP contribution in [0.4, 0.5) is 0 Å². The Labute approximate surface area is 143 Å². The Bertz CT molecular complexity index is 664. The van der Waals surface area contributed by atoms with E-state index in [4.69, 9.17) is 0 Å². The van der Waals surface area contributed by atoms with Crippen LogP contribution in [0.2, 0.25) is 0 Å². The van der Waals surface area contributed by atoms with Crippen LogP contribution < -0.4 is 0 Å². The molecule has 0 spiro atoms. The molecule has 23 heavy (non-hydrogen) atoms. The number of rotatable bonds is 4. The molecule has 0 saturated carbocycles. The van der Waals surface area contributed by atoms with Crippen LogP contribution in [0.1, 0.15) is 41.8 Å². The standard InChI is InChI=1S/C20H26N2S/c1-14(2)21(3)20-17-9-5-4-8-16(17)18-12-22(13-19(18)20)11-15-7-6-10-23-15/h4-10,14,18-20H,11-13H2,1-3H3/t18-,19-,20-/m0/s1. The van der Waals surface area contributed by atoms with E-state index in [2.05, 4.69) is 72.5 Å². The van der Waals surface area contributed by atoms with Crippen molar-refractivity contribution in [2.24, 2.45) is 5.92 Å². The summed E-state index contributed by atoms with van der Waals surface area (Å²) in [6, 6.07) is 14.8. The van der Waals surface area contributed by atoms with Crippen molar-refractivity contribution in [1.29, 1.82) is 0 Å². The first-order valence-corrected chi connectivity index (χ1v) is 9.58. The van der Waals surface area contributed by atoms with Crippen LogP contribution in [0.15, 0.2) is 41.8 Å². The van der Waals surface area contributed by atoms with E-state index in [1.165, 1.54) is 18.0 Å². The number of thiophene rings is 1. The maximum atomic E-state index is 2.66. The van der Waals surface area contributed by atoms with Crippen LogP contribution in [-0.4, -0.2) is 36.0 Å². The molecule has 4 rings (SSSR count). The second kappa shape index (κ2) is 6.04. The third kappa shape index (κ3) is 2.65. The van der Waals surface area contributed by atoms with Gasteiger partial charge >= 0.3 is 0 Å². The Morgan fingerprint density at radius 1 is 1.13 bits per heavy atom. The van der Waals surface area contributed by atoms with Crippen LogP contribution in [0.5, 0.6) is 0 Å². The molecule has 0 amide bonds. The zero-order valence-electron chi connectivity index (χ0n) is 14.3. The van der Waals surface area contributed by atoms with Gasteiger partial charge in [-0.3, -0.25) is 9.80 Å². The molecule has 1 aliphatic heterocycles. The minimum absolute atomic E-state index is 0.574. The summed E-state index contributed by atoms with van der Waals surface area (Å²) in [6.45, 7) is 8.18. The first-order chi connectivity index (χ1) is 11.1. The topological polar surface area (TPSA) is 6.48 Å². The number of likely N-dealkylation sites (tertiary alicyclic amines) is 1. The van der Waals surface area contributed by atoms with Gasteiger partial charge in [-0.2, -0.15) is 0 Å². The molecule has 3 atom stereocenters. The molecule has 2 heterocycles. The van der Waals surface area contributed by atoms with Gasteiger partial charge in [0.2, 0.25) is 0 Å². The molecular weight excluding hydrogens is 300 g/mol. The lowest BCUT2D eigenvalue weighted by molar-refractivity contribution is 0.145. The van der Waals surface area contributed by atoms with Crippen molar-refractivity contribution in [3.05, 3.63) is 57.8 Å². The molecule has 1 aromatic heterocycles. The number of fused-ring (bicyclic) bond motifs is 3. The second-order valence-electron chi connectivity index (χ2n) is 7.38. The molecule has 0 unspecified atom stereocenters. The molecule has 1 aromatic carbocycles. The summed E-state index contributed by atoms with van der Waals surface area (Å²) < 4.78 is 0. The fraction of sp³-hybridized carbons (Fsp3) is 0.500. The summed E-state index contributed by atoms with van der Waals surface area (Å²) in [6.07, 6.45) is 0. The van der Waals surface area contributed by atoms with Gasteiger partial charge < -0.3 is 0 Å². The molecular formula is C20H26N2S. The number of nitrogens with zero attached hydrogens (tertiary/aromatic N) is 2. The molecule has 0 radical (unpaired) electrons. The van der Waals surface area contributed by atoms with Crippen LogP contribution in [0.25, 0.3) is 0 Å². The van der Waals surface area contributed by atoms with Crippen molar-refractivity contribution in [2.75, 3.05) is 20.1 Å². The summed E-state index contributed by atoms with van der Waals surface area (Å²) >= 11 is 1.88. The molecule has 2 aliphatic rings. The lowest BCUT2D eigenvalue weighted by Crippen LogP contribution is -2.35. The van der Waals surface area contributed by atoms with E-state index in [9.17, 15) is 0 Å². The Balaban J connectivity index is 1.61. The Morgan fingerprint density at radius 2 is 1.91 bits per heavy atom. The Morgan fingerprint density at radius 3 is 2.61 bits per heavy atom. The van der Waals surface area contributed by atoms with E-state index < -0.39 is 0 Å². The highest BCUT2D eigenvalue weighted by Crippen LogP contribution is 2.51. The molecule has 2 nitrogen and oxygen atoms in total. The van der Waals surface area contributed by atoms with Crippen LogP contribution in [0.3, 0.4) is 0 Å². The van der Waals surface area contributed by atoms with Crippen molar-refractivity contribution in [3.8, 4) is 0 Å². The average Bonchev–Trinajstić information content (AvgIpc) is 3.23. The predicted molar refractivity (Wildman–Crippen MR) is 97.9 cm³/mol. The van der Waals surface area contributed by atoms with Gasteiger partial charge in [0.1, 0.15) is 0 Å². The normalized spacial score (nSPS) is 26.9. The summed E-state index contributed by atoms with van der Waals surface area (Å²) in [7, 11) is 2.30. The van der Waals surface area contributed by atoms with Crippen LogP contribution in [0, 0.1) is 5.92 Å². The van der Waals surface area contributed by atoms with Gasteiger partial charge in [0.05, 0.1) is 0 Å². The van der Waals surface area contributed by atoms with Crippen molar-refractivity contribution in [1.82, 2.24) is 9.80 Å². The molecule has 1 fully saturated rings. The van der Waals surface area contributed by atoms with E-state index >= 15 is 0 Å². The summed E-state index contributed by atoms with van der Waals surface area (Å²) in [4.78, 5) is 6.74. The van der Waals surface area contributed by atoms with Gasteiger partial charge in [0.25, 0.3) is 0 Å². The molecule has 122 valence electrons. The van der Waals surface area contributed by atoms with Gasteiger partial charge in [0.15, 0.2) is 0 Å². The van der Waals surface area contributed by atoms with Gasteiger partial charge in [-0.05, 0) is 49.4 Å². The van der Waals surface area contributed by atoms with Gasteiger partial charge in [-0.15, -0.1) is 11.3 Å². The van der Waals surface area contributed by atoms with Gasteiger partial charge in [-0.25, -0.2) is 0 Å². The third-order valence-electron chi connectivity index (χ3n) is 5.77. The van der Waals surface area contributed by atoms with E-state index in [0.717, 1.165) is 12.5 Å². The third-order valence-corrected chi connectivity index (χ3v) is 6.63. The highest BCUT2D eigenvalue weighted by molar-refractivity contribution is 7.09. The molecule has 0 bridgehead atoms. The van der Waals surface area contributed by atoms with E-state index in [0.29, 0.717) is 18.0 Å². The molecule has 1 aliphatic carbocycles. The average molecular weight is 327 g/mol. The fourth-order valence-corrected chi connectivity index (χ4v) is 5.25. The highest BCUT2D eigenvalue weighted by atomic mass is 32.1. The summed E-state index contributed by atoms with van der Waals surface area (Å²) in [5.74, 6) is 1.44. The fourth-order valence-electron chi connectivity index (χ4n) is 4.51. The predicted octanol–water partition coefficient (Wildman–Crippen LogP) is 4.36. The van der Waals surface area contributed by atoms with E-state index in [1.54, 1.807) is 11.1 Å². The van der Waals surface area contributed by atoms with Crippen molar-refractivity contribution in [3.63, 3.8) is 0 Å². The quantitative estimate of drug-likeness (QED) is 0.824. The van der Waals surface area contributed by atoms with Crippen LogP contribution >= 0.6 is 11.3 Å². The number of hydrogen-bond donors (Lipinski definition) is 0. The lowest BCUT2D eigenvalue weighted by Gasteiger charge is -2.33. The van der Waals surface area contributed by atoms with Crippen molar-refractivity contribution >= 4 is 11.3 Å². The molecule has 3 heteroatoms. The van der Waals surface area contributed by atoms with Crippen molar-refractivity contribution < 1.29 is 0 Å². The first kappa shape index (κ1) is 15.4. The summed E-state index contributed by atoms with van der Waals surface area (Å²) in [5.41, 5.74) is 3.18. The largest absolute Gasteiger partial charge is 0.297 e. The SMILES string of the molecule is CC(C)N(C)[C@H]1c2ccccc2[C@@H]2CN(Cc3cccs3)C[C@@H]21. The number of hydrogen-bond acceptors (Lipinski definition) is 3. The zero-order valence-corrected chi connectivity index (χ0v) is 15.1. The maximum Gasteiger partial charge on any atom is 0.0397 e. The van der Waals surface area contributed by atoms with E-state index in [-0.39, 0.29) is 0 Å². The minimum Gasteiger partial charge on any atom is -0.297 e. The second-order valence-corrected chi connectivity index (χ2v) is 8.41. The summed E-state index contributed by atoms with van der Waals surface area (Å²) in [5, 5.41) is 2.19. The molecule has 1 saturated heterocycles. The molecule has 2 aromatic rings. The van der Waals surface area contributed by atoms with E-state index in [1.807, 2.05) is 11.3 Å². The molecule has 0 N–H and O–H groups in total. The van der Waals surface area contributed by atoms with Gasteiger partial charge in [-0.1, -0.05) is 30.3 Å². The Kier molecular flexibility index (Phi) is 4.04. The first-order valence-electron chi connectivity index (χ1n) is 8.70. The lowest BCUT2D eigenvalue weighted by atomic mass is 9.93. The minimum atomic E-state index is 0.574. The van der Waals surface area contributed by atoms with Crippen LogP contribution in [-0.2, 0) is 6.54 Å².